The maximum absolute atomic E-state index is 10.9. The molecule has 0 aliphatic carbocycles. The molecule has 1 N–H and O–H groups in total. The Kier molecular flexibility index (Phi) is 4.13. The first-order valence-corrected chi connectivity index (χ1v) is 7.62. The van der Waals surface area contributed by atoms with Crippen molar-refractivity contribution in [3.05, 3.63) is 12.4 Å². The quantitative estimate of drug-likeness (QED) is 0.859. The minimum atomic E-state index is 0.164. The van der Waals surface area contributed by atoms with E-state index < -0.39 is 0 Å². The van der Waals surface area contributed by atoms with Gasteiger partial charge >= 0.3 is 0 Å². The van der Waals surface area contributed by atoms with Crippen LogP contribution in [0.1, 0.15) is 26.7 Å². The molecule has 1 aliphatic heterocycles. The van der Waals surface area contributed by atoms with Crippen molar-refractivity contribution in [2.24, 2.45) is 5.92 Å². The number of anilines is 2. The average molecular weight is 300 g/mol. The number of nitrogens with one attached hydrogen (secondary N) is 1. The Morgan fingerprint density at radius 1 is 1.18 bits per heavy atom. The molecule has 1 fully saturated rings. The first-order chi connectivity index (χ1) is 10.7. The highest BCUT2D eigenvalue weighted by molar-refractivity contribution is 5.79. The summed E-state index contributed by atoms with van der Waals surface area (Å²) in [6.45, 7) is 5.77. The fourth-order valence-electron chi connectivity index (χ4n) is 2.66. The molecule has 0 spiro atoms. The minimum absolute atomic E-state index is 0.164. The second-order valence-electron chi connectivity index (χ2n) is 5.92. The number of carbonyl (C=O) groups excluding carboxylic acids is 1. The van der Waals surface area contributed by atoms with Gasteiger partial charge in [0.2, 0.25) is 0 Å². The van der Waals surface area contributed by atoms with Crippen LogP contribution in [0.15, 0.2) is 12.4 Å². The Bertz CT molecular complexity index is 666. The van der Waals surface area contributed by atoms with Crippen LogP contribution < -0.4 is 10.2 Å². The molecule has 0 unspecified atom stereocenters. The number of piperidine rings is 1. The Hall–Kier alpha value is -2.31. The van der Waals surface area contributed by atoms with E-state index in [9.17, 15) is 4.79 Å². The van der Waals surface area contributed by atoms with E-state index in [0.29, 0.717) is 0 Å². The number of hydrogen-bond donors (Lipinski definition) is 1. The second kappa shape index (κ2) is 6.21. The van der Waals surface area contributed by atoms with E-state index in [0.717, 1.165) is 54.9 Å². The van der Waals surface area contributed by atoms with Gasteiger partial charge in [-0.05, 0) is 26.7 Å². The maximum Gasteiger partial charge on any atom is 0.172 e. The van der Waals surface area contributed by atoms with E-state index in [1.165, 1.54) is 0 Å². The zero-order valence-corrected chi connectivity index (χ0v) is 12.9. The molecule has 2 aromatic heterocycles. The van der Waals surface area contributed by atoms with Gasteiger partial charge in [0.15, 0.2) is 11.6 Å². The van der Waals surface area contributed by atoms with E-state index in [4.69, 9.17) is 4.98 Å². The molecule has 116 valence electrons. The highest BCUT2D eigenvalue weighted by atomic mass is 16.1. The molecule has 0 aromatic carbocycles. The van der Waals surface area contributed by atoms with E-state index in [1.807, 2.05) is 0 Å². The minimum Gasteiger partial charge on any atom is -0.365 e. The normalized spacial score (nSPS) is 16.2. The molecular weight excluding hydrogens is 280 g/mol. The fraction of sp³-hybridized carbons (Fsp3) is 0.533. The summed E-state index contributed by atoms with van der Waals surface area (Å²) in [5.74, 6) is 1.76. The Balaban J connectivity index is 1.97. The van der Waals surface area contributed by atoms with Crippen LogP contribution in [-0.4, -0.2) is 45.6 Å². The molecule has 3 rings (SSSR count). The van der Waals surface area contributed by atoms with Crippen LogP contribution in [0.5, 0.6) is 0 Å². The third-order valence-corrected chi connectivity index (χ3v) is 3.82. The molecule has 3 heterocycles. The molecule has 2 aromatic rings. The van der Waals surface area contributed by atoms with Gasteiger partial charge in [0.25, 0.3) is 0 Å². The van der Waals surface area contributed by atoms with Crippen LogP contribution >= 0.6 is 0 Å². The van der Waals surface area contributed by atoms with Crippen molar-refractivity contribution < 1.29 is 4.79 Å². The van der Waals surface area contributed by atoms with E-state index in [2.05, 4.69) is 39.2 Å². The number of aromatic nitrogens is 4. The Labute approximate surface area is 129 Å². The monoisotopic (exact) mass is 300 g/mol. The lowest BCUT2D eigenvalue weighted by Crippen LogP contribution is -2.35. The van der Waals surface area contributed by atoms with Crippen molar-refractivity contribution in [1.82, 2.24) is 20.2 Å². The van der Waals surface area contributed by atoms with Crippen LogP contribution in [0.3, 0.4) is 0 Å². The largest absolute Gasteiger partial charge is 0.365 e. The molecule has 1 saturated heterocycles. The molecule has 0 radical (unpaired) electrons. The highest BCUT2D eigenvalue weighted by Crippen LogP contribution is 2.28. The van der Waals surface area contributed by atoms with Gasteiger partial charge < -0.3 is 15.0 Å². The highest BCUT2D eigenvalue weighted by Gasteiger charge is 2.23. The van der Waals surface area contributed by atoms with Gasteiger partial charge in [-0.3, -0.25) is 0 Å². The molecule has 1 aliphatic rings. The second-order valence-corrected chi connectivity index (χ2v) is 5.92. The van der Waals surface area contributed by atoms with Gasteiger partial charge in [-0.25, -0.2) is 9.97 Å². The standard InChI is InChI=1S/C15H20N6O/c1-10(2)18-14-15(21-5-3-11(9-22)4-6-21)20-13-8-17-16-7-12(13)19-14/h7-11H,3-6H2,1-2H3,(H,18,19). The summed E-state index contributed by atoms with van der Waals surface area (Å²) in [6.07, 6.45) is 6.03. The van der Waals surface area contributed by atoms with Gasteiger partial charge in [0.05, 0.1) is 12.4 Å². The molecule has 7 nitrogen and oxygen atoms in total. The van der Waals surface area contributed by atoms with Gasteiger partial charge in [-0.1, -0.05) is 0 Å². The maximum atomic E-state index is 10.9. The third kappa shape index (κ3) is 2.98. The number of rotatable bonds is 4. The van der Waals surface area contributed by atoms with E-state index in [1.54, 1.807) is 12.4 Å². The zero-order valence-electron chi connectivity index (χ0n) is 12.9. The SMILES string of the molecule is CC(C)Nc1nc2cnncc2nc1N1CCC(C=O)CC1. The van der Waals surface area contributed by atoms with Crippen molar-refractivity contribution in [2.75, 3.05) is 23.3 Å². The number of aldehydes is 1. The summed E-state index contributed by atoms with van der Waals surface area (Å²) in [4.78, 5) is 22.5. The summed E-state index contributed by atoms with van der Waals surface area (Å²) in [5.41, 5.74) is 1.46. The third-order valence-electron chi connectivity index (χ3n) is 3.82. The molecule has 0 amide bonds. The van der Waals surface area contributed by atoms with Crippen molar-refractivity contribution in [1.29, 1.82) is 0 Å². The van der Waals surface area contributed by atoms with E-state index in [-0.39, 0.29) is 12.0 Å². The van der Waals surface area contributed by atoms with Crippen molar-refractivity contribution in [2.45, 2.75) is 32.7 Å². The molecule has 0 atom stereocenters. The van der Waals surface area contributed by atoms with Crippen molar-refractivity contribution >= 4 is 29.0 Å². The first kappa shape index (κ1) is 14.6. The van der Waals surface area contributed by atoms with Crippen LogP contribution in [0.25, 0.3) is 11.0 Å². The number of carbonyl (C=O) groups is 1. The molecular formula is C15H20N6O. The Morgan fingerprint density at radius 2 is 1.82 bits per heavy atom. The summed E-state index contributed by atoms with van der Waals surface area (Å²) in [6, 6.07) is 0.257. The van der Waals surface area contributed by atoms with Gasteiger partial charge in [-0.15, -0.1) is 0 Å². The molecule has 7 heteroatoms. The van der Waals surface area contributed by atoms with Crippen molar-refractivity contribution in [3.63, 3.8) is 0 Å². The van der Waals surface area contributed by atoms with Gasteiger partial charge in [0.1, 0.15) is 17.3 Å². The lowest BCUT2D eigenvalue weighted by atomic mass is 9.99. The number of fused-ring (bicyclic) bond motifs is 1. The molecule has 0 bridgehead atoms. The smallest absolute Gasteiger partial charge is 0.172 e. The van der Waals surface area contributed by atoms with E-state index >= 15 is 0 Å². The topological polar surface area (TPSA) is 83.9 Å². The summed E-state index contributed by atoms with van der Waals surface area (Å²) in [7, 11) is 0. The number of hydrogen-bond acceptors (Lipinski definition) is 7. The zero-order chi connectivity index (χ0) is 15.5. The summed E-state index contributed by atoms with van der Waals surface area (Å²) < 4.78 is 0. The number of nitrogens with zero attached hydrogens (tertiary/aromatic N) is 5. The van der Waals surface area contributed by atoms with Gasteiger partial charge in [0, 0.05) is 25.0 Å². The van der Waals surface area contributed by atoms with Crippen LogP contribution in [0, 0.1) is 5.92 Å². The predicted octanol–water partition coefficient (Wildman–Crippen LogP) is 1.66. The molecule has 0 saturated carbocycles. The predicted molar refractivity (Wildman–Crippen MR) is 84.9 cm³/mol. The fourth-order valence-corrected chi connectivity index (χ4v) is 2.66. The van der Waals surface area contributed by atoms with Gasteiger partial charge in [-0.2, -0.15) is 10.2 Å². The van der Waals surface area contributed by atoms with Crippen LogP contribution in [0.4, 0.5) is 11.6 Å². The average Bonchev–Trinajstić information content (AvgIpc) is 2.54. The van der Waals surface area contributed by atoms with Crippen LogP contribution in [-0.2, 0) is 4.79 Å². The summed E-state index contributed by atoms with van der Waals surface area (Å²) in [5, 5.41) is 11.1. The molecule has 22 heavy (non-hydrogen) atoms. The van der Waals surface area contributed by atoms with Crippen LogP contribution in [0.2, 0.25) is 0 Å². The van der Waals surface area contributed by atoms with Crippen molar-refractivity contribution in [3.8, 4) is 0 Å². The lowest BCUT2D eigenvalue weighted by molar-refractivity contribution is -0.111. The Morgan fingerprint density at radius 3 is 2.41 bits per heavy atom. The first-order valence-electron chi connectivity index (χ1n) is 7.62. The summed E-state index contributed by atoms with van der Waals surface area (Å²) >= 11 is 0. The lowest BCUT2D eigenvalue weighted by Gasteiger charge is -2.32.